The molecule has 2 unspecified atom stereocenters. The monoisotopic (exact) mass is 331 g/mol. The van der Waals surface area contributed by atoms with Crippen LogP contribution in [0.3, 0.4) is 0 Å². The van der Waals surface area contributed by atoms with E-state index in [0.717, 1.165) is 18.5 Å². The molecule has 0 aliphatic heterocycles. The van der Waals surface area contributed by atoms with E-state index in [0.29, 0.717) is 12.3 Å². The van der Waals surface area contributed by atoms with Crippen molar-refractivity contribution < 1.29 is 9.50 Å². The third-order valence-electron chi connectivity index (χ3n) is 4.07. The van der Waals surface area contributed by atoms with Crippen LogP contribution in [0.15, 0.2) is 66.0 Å². The van der Waals surface area contributed by atoms with E-state index in [4.69, 9.17) is 0 Å². The third kappa shape index (κ3) is 7.60. The molecule has 2 nitrogen and oxygen atoms in total. The van der Waals surface area contributed by atoms with Crippen LogP contribution in [0.5, 0.6) is 0 Å². The first-order chi connectivity index (χ1) is 11.4. The Bertz CT molecular complexity index is 562. The summed E-state index contributed by atoms with van der Waals surface area (Å²) in [7, 11) is 2.09. The first kappa shape index (κ1) is 20.2. The molecule has 2 atom stereocenters. The number of aliphatic hydroxyl groups is 1. The number of halogens is 1. The SMILES string of the molecule is C\C=C/C(F)=C\C=C(/C)C(O)CCC(C)CN(C)c1ccccc1. The highest BCUT2D eigenvalue weighted by Gasteiger charge is 2.11. The maximum Gasteiger partial charge on any atom is 0.122 e. The molecule has 3 heteroatoms. The molecule has 0 saturated carbocycles. The molecule has 0 aliphatic rings. The third-order valence-corrected chi connectivity index (χ3v) is 4.07. The van der Waals surface area contributed by atoms with E-state index in [-0.39, 0.29) is 5.83 Å². The van der Waals surface area contributed by atoms with E-state index in [2.05, 4.69) is 31.0 Å². The smallest absolute Gasteiger partial charge is 0.122 e. The maximum atomic E-state index is 13.3. The highest BCUT2D eigenvalue weighted by atomic mass is 19.1. The van der Waals surface area contributed by atoms with Crippen LogP contribution in [-0.4, -0.2) is 24.8 Å². The van der Waals surface area contributed by atoms with Crippen molar-refractivity contribution in [3.05, 3.63) is 66.0 Å². The molecule has 24 heavy (non-hydrogen) atoms. The second-order valence-electron chi connectivity index (χ2n) is 6.38. The van der Waals surface area contributed by atoms with Gasteiger partial charge in [-0.15, -0.1) is 0 Å². The van der Waals surface area contributed by atoms with E-state index in [1.54, 1.807) is 19.1 Å². The first-order valence-corrected chi connectivity index (χ1v) is 8.55. The van der Waals surface area contributed by atoms with Crippen molar-refractivity contribution in [1.82, 2.24) is 0 Å². The molecule has 1 aromatic carbocycles. The van der Waals surface area contributed by atoms with Crippen LogP contribution < -0.4 is 4.90 Å². The van der Waals surface area contributed by atoms with Crippen molar-refractivity contribution in [2.75, 3.05) is 18.5 Å². The van der Waals surface area contributed by atoms with Gasteiger partial charge in [0, 0.05) is 19.3 Å². The van der Waals surface area contributed by atoms with Crippen LogP contribution >= 0.6 is 0 Å². The van der Waals surface area contributed by atoms with Crippen molar-refractivity contribution in [2.45, 2.75) is 39.7 Å². The fourth-order valence-corrected chi connectivity index (χ4v) is 2.55. The first-order valence-electron chi connectivity index (χ1n) is 8.55. The van der Waals surface area contributed by atoms with Crippen molar-refractivity contribution >= 4 is 5.69 Å². The lowest BCUT2D eigenvalue weighted by Gasteiger charge is -2.24. The molecule has 0 amide bonds. The summed E-state index contributed by atoms with van der Waals surface area (Å²) in [6, 6.07) is 10.3. The molecule has 0 heterocycles. The van der Waals surface area contributed by atoms with Gasteiger partial charge in [-0.3, -0.25) is 0 Å². The number of para-hydroxylation sites is 1. The molecule has 132 valence electrons. The van der Waals surface area contributed by atoms with Gasteiger partial charge in [0.25, 0.3) is 0 Å². The summed E-state index contributed by atoms with van der Waals surface area (Å²) < 4.78 is 13.3. The van der Waals surface area contributed by atoms with Crippen LogP contribution in [0, 0.1) is 5.92 Å². The highest BCUT2D eigenvalue weighted by Crippen LogP contribution is 2.18. The average Bonchev–Trinajstić information content (AvgIpc) is 2.58. The molecule has 0 aromatic heterocycles. The zero-order valence-electron chi connectivity index (χ0n) is 15.2. The van der Waals surface area contributed by atoms with Gasteiger partial charge in [-0.2, -0.15) is 0 Å². The van der Waals surface area contributed by atoms with Gasteiger partial charge in [-0.25, -0.2) is 4.39 Å². The number of aliphatic hydroxyl groups excluding tert-OH is 1. The van der Waals surface area contributed by atoms with Gasteiger partial charge in [-0.1, -0.05) is 37.3 Å². The maximum absolute atomic E-state index is 13.3. The summed E-state index contributed by atoms with van der Waals surface area (Å²) >= 11 is 0. The second-order valence-corrected chi connectivity index (χ2v) is 6.38. The normalized spacial score (nSPS) is 15.6. The molecular weight excluding hydrogens is 301 g/mol. The predicted octanol–water partition coefficient (Wildman–Crippen LogP) is 5.28. The number of benzene rings is 1. The van der Waals surface area contributed by atoms with E-state index < -0.39 is 6.10 Å². The van der Waals surface area contributed by atoms with Crippen molar-refractivity contribution in [3.63, 3.8) is 0 Å². The van der Waals surface area contributed by atoms with Gasteiger partial charge in [0.2, 0.25) is 0 Å². The van der Waals surface area contributed by atoms with E-state index in [1.807, 2.05) is 25.1 Å². The fourth-order valence-electron chi connectivity index (χ4n) is 2.55. The molecule has 0 fully saturated rings. The van der Waals surface area contributed by atoms with Crippen LogP contribution in [0.4, 0.5) is 10.1 Å². The zero-order valence-corrected chi connectivity index (χ0v) is 15.2. The fraction of sp³-hybridized carbons (Fsp3) is 0.429. The Morgan fingerprint density at radius 3 is 2.50 bits per heavy atom. The summed E-state index contributed by atoms with van der Waals surface area (Å²) in [6.07, 6.45) is 7.18. The van der Waals surface area contributed by atoms with Gasteiger partial charge < -0.3 is 10.0 Å². The van der Waals surface area contributed by atoms with Gasteiger partial charge in [0.05, 0.1) is 6.10 Å². The second kappa shape index (κ2) is 10.8. The molecule has 1 N–H and O–H groups in total. The lowest BCUT2D eigenvalue weighted by Crippen LogP contribution is -2.24. The Morgan fingerprint density at radius 1 is 1.21 bits per heavy atom. The Kier molecular flexibility index (Phi) is 9.10. The average molecular weight is 331 g/mol. The van der Waals surface area contributed by atoms with E-state index in [1.165, 1.54) is 17.8 Å². The predicted molar refractivity (Wildman–Crippen MR) is 102 cm³/mol. The minimum absolute atomic E-state index is 0.304. The van der Waals surface area contributed by atoms with Crippen LogP contribution in [0.2, 0.25) is 0 Å². The lowest BCUT2D eigenvalue weighted by atomic mass is 9.98. The summed E-state index contributed by atoms with van der Waals surface area (Å²) in [5.41, 5.74) is 1.99. The van der Waals surface area contributed by atoms with E-state index >= 15 is 0 Å². The van der Waals surface area contributed by atoms with Crippen LogP contribution in [-0.2, 0) is 0 Å². The Hall–Kier alpha value is -1.87. The molecule has 0 aliphatic carbocycles. The lowest BCUT2D eigenvalue weighted by molar-refractivity contribution is 0.190. The van der Waals surface area contributed by atoms with Gasteiger partial charge >= 0.3 is 0 Å². The molecule has 0 bridgehead atoms. The van der Waals surface area contributed by atoms with Crippen molar-refractivity contribution in [1.29, 1.82) is 0 Å². The number of nitrogens with zero attached hydrogens (tertiary/aromatic N) is 1. The molecule has 1 aromatic rings. The topological polar surface area (TPSA) is 23.5 Å². The quantitative estimate of drug-likeness (QED) is 0.623. The number of rotatable bonds is 9. The Morgan fingerprint density at radius 2 is 1.88 bits per heavy atom. The molecule has 0 radical (unpaired) electrons. The minimum atomic E-state index is -0.524. The zero-order chi connectivity index (χ0) is 17.9. The van der Waals surface area contributed by atoms with Gasteiger partial charge in [0.15, 0.2) is 0 Å². The molecule has 0 spiro atoms. The van der Waals surface area contributed by atoms with E-state index in [9.17, 15) is 9.50 Å². The largest absolute Gasteiger partial charge is 0.389 e. The number of anilines is 1. The van der Waals surface area contributed by atoms with Crippen molar-refractivity contribution in [3.8, 4) is 0 Å². The summed E-state index contributed by atoms with van der Waals surface area (Å²) in [5.74, 6) is 0.162. The number of allylic oxidation sites excluding steroid dienone is 5. The number of hydrogen-bond acceptors (Lipinski definition) is 2. The Labute approximate surface area is 146 Å². The minimum Gasteiger partial charge on any atom is -0.389 e. The van der Waals surface area contributed by atoms with Gasteiger partial charge in [0.1, 0.15) is 5.83 Å². The van der Waals surface area contributed by atoms with Crippen LogP contribution in [0.1, 0.15) is 33.6 Å². The van der Waals surface area contributed by atoms with Gasteiger partial charge in [-0.05, 0) is 62.5 Å². The highest BCUT2D eigenvalue weighted by molar-refractivity contribution is 5.44. The Balaban J connectivity index is 2.44. The molecular formula is C21H30FNO. The van der Waals surface area contributed by atoms with Crippen LogP contribution in [0.25, 0.3) is 0 Å². The summed E-state index contributed by atoms with van der Waals surface area (Å²) in [4.78, 5) is 2.23. The standard InChI is InChI=1S/C21H30FNO/c1-5-9-19(22)14-13-18(3)21(24)15-12-17(2)16-23(4)20-10-7-6-8-11-20/h5-11,13-14,17,21,24H,12,15-16H2,1-4H3/b9-5-,18-13+,19-14+. The van der Waals surface area contributed by atoms with Crippen molar-refractivity contribution in [2.24, 2.45) is 5.92 Å². The number of hydrogen-bond donors (Lipinski definition) is 1. The summed E-state index contributed by atoms with van der Waals surface area (Å²) in [5, 5.41) is 10.2. The molecule has 0 saturated heterocycles. The summed E-state index contributed by atoms with van der Waals surface area (Å²) in [6.45, 7) is 6.74. The molecule has 1 rings (SSSR count).